The Labute approximate surface area is 121 Å². The van der Waals surface area contributed by atoms with Crippen LogP contribution in [0.25, 0.3) is 0 Å². The summed E-state index contributed by atoms with van der Waals surface area (Å²) in [5.41, 5.74) is 5.87. The fourth-order valence-electron chi connectivity index (χ4n) is 1.22. The van der Waals surface area contributed by atoms with Gasteiger partial charge in [-0.25, -0.2) is 9.78 Å². The van der Waals surface area contributed by atoms with Gasteiger partial charge >= 0.3 is 5.97 Å². The van der Waals surface area contributed by atoms with E-state index in [1.807, 2.05) is 13.8 Å². The summed E-state index contributed by atoms with van der Waals surface area (Å²) in [7, 11) is 1.35. The van der Waals surface area contributed by atoms with Gasteiger partial charge in [-0.3, -0.25) is 0 Å². The zero-order valence-electron chi connectivity index (χ0n) is 11.0. The smallest absolute Gasteiger partial charge is 0.366 e. The molecule has 0 bridgehead atoms. The van der Waals surface area contributed by atoms with Gasteiger partial charge in [0.2, 0.25) is 5.71 Å². The standard InChI is InChI=1S/C10H16N3O3PS2/c1-4-17(18,5-2)16-9(14)8(13-15-3)7-6-19-10(11)12-7/h6H,4-5H2,1-3H3,(H2,11,12)/b13-8-. The van der Waals surface area contributed by atoms with Crippen molar-refractivity contribution in [3.63, 3.8) is 0 Å². The largest absolute Gasteiger partial charge is 0.432 e. The highest BCUT2D eigenvalue weighted by molar-refractivity contribution is 8.12. The van der Waals surface area contributed by atoms with Crippen LogP contribution in [0.5, 0.6) is 0 Å². The van der Waals surface area contributed by atoms with E-state index in [1.54, 1.807) is 5.38 Å². The number of hydrogen-bond donors (Lipinski definition) is 1. The van der Waals surface area contributed by atoms with Crippen LogP contribution in [0.15, 0.2) is 10.5 Å². The Morgan fingerprint density at radius 1 is 1.58 bits per heavy atom. The van der Waals surface area contributed by atoms with Gasteiger partial charge < -0.3 is 15.1 Å². The lowest BCUT2D eigenvalue weighted by molar-refractivity contribution is -0.126. The van der Waals surface area contributed by atoms with Crippen molar-refractivity contribution in [2.45, 2.75) is 13.8 Å². The molecule has 1 aromatic rings. The highest BCUT2D eigenvalue weighted by Crippen LogP contribution is 2.46. The Morgan fingerprint density at radius 2 is 2.21 bits per heavy atom. The molecule has 1 aromatic heterocycles. The number of anilines is 1. The summed E-state index contributed by atoms with van der Waals surface area (Å²) in [5.74, 6) is -0.612. The molecule has 0 saturated carbocycles. The van der Waals surface area contributed by atoms with Crippen molar-refractivity contribution in [1.29, 1.82) is 0 Å². The minimum absolute atomic E-state index is 0.00780. The molecule has 0 aliphatic rings. The lowest BCUT2D eigenvalue weighted by Gasteiger charge is -2.18. The van der Waals surface area contributed by atoms with Crippen molar-refractivity contribution in [2.75, 3.05) is 25.2 Å². The highest BCUT2D eigenvalue weighted by atomic mass is 32.4. The number of aromatic nitrogens is 1. The van der Waals surface area contributed by atoms with Crippen LogP contribution in [-0.4, -0.2) is 36.1 Å². The Hall–Kier alpha value is -0.980. The Bertz CT molecular complexity index is 522. The third-order valence-electron chi connectivity index (χ3n) is 2.35. The molecule has 106 valence electrons. The number of nitrogens with two attached hydrogens (primary N) is 1. The van der Waals surface area contributed by atoms with Crippen LogP contribution < -0.4 is 5.73 Å². The molecule has 2 N–H and O–H groups in total. The predicted octanol–water partition coefficient (Wildman–Crippen LogP) is 2.05. The monoisotopic (exact) mass is 321 g/mol. The van der Waals surface area contributed by atoms with Gasteiger partial charge in [0.25, 0.3) is 0 Å². The summed E-state index contributed by atoms with van der Waals surface area (Å²) in [6, 6.07) is 0. The molecule has 0 atom stereocenters. The molecule has 0 aliphatic heterocycles. The van der Waals surface area contributed by atoms with E-state index < -0.39 is 12.2 Å². The number of hydrogen-bond acceptors (Lipinski definition) is 8. The molecule has 9 heteroatoms. The number of carbonyl (C=O) groups excluding carboxylic acids is 1. The molecule has 0 amide bonds. The van der Waals surface area contributed by atoms with Crippen molar-refractivity contribution in [3.8, 4) is 0 Å². The van der Waals surface area contributed by atoms with Crippen LogP contribution in [-0.2, 0) is 26.0 Å². The summed E-state index contributed by atoms with van der Waals surface area (Å²) >= 11 is 6.58. The molecule has 0 unspecified atom stereocenters. The SMILES string of the molecule is CCP(=S)(CC)OC(=O)/C(=N\OC)c1csc(N)n1. The van der Waals surface area contributed by atoms with Gasteiger partial charge in [0, 0.05) is 17.7 Å². The van der Waals surface area contributed by atoms with E-state index in [-0.39, 0.29) is 5.71 Å². The van der Waals surface area contributed by atoms with Crippen LogP contribution >= 0.6 is 17.6 Å². The summed E-state index contributed by atoms with van der Waals surface area (Å²) < 4.78 is 5.41. The third-order valence-corrected chi connectivity index (χ3v) is 7.23. The zero-order valence-corrected chi connectivity index (χ0v) is 13.5. The van der Waals surface area contributed by atoms with Crippen LogP contribution in [0.1, 0.15) is 19.5 Å². The topological polar surface area (TPSA) is 86.8 Å². The lowest BCUT2D eigenvalue weighted by Crippen LogP contribution is -2.19. The first-order valence-electron chi connectivity index (χ1n) is 5.60. The quantitative estimate of drug-likeness (QED) is 0.490. The van der Waals surface area contributed by atoms with E-state index in [4.69, 9.17) is 22.1 Å². The van der Waals surface area contributed by atoms with E-state index in [0.717, 1.165) is 0 Å². The highest BCUT2D eigenvalue weighted by Gasteiger charge is 2.25. The number of nitrogens with zero attached hydrogens (tertiary/aromatic N) is 2. The van der Waals surface area contributed by atoms with Gasteiger partial charge in [0.05, 0.1) is 0 Å². The molecular formula is C10H16N3O3PS2. The maximum Gasteiger partial charge on any atom is 0.366 e. The van der Waals surface area contributed by atoms with Gasteiger partial charge in [-0.15, -0.1) is 11.3 Å². The van der Waals surface area contributed by atoms with Crippen molar-refractivity contribution >= 4 is 46.2 Å². The van der Waals surface area contributed by atoms with Gasteiger partial charge in [0.15, 0.2) is 5.13 Å². The minimum Gasteiger partial charge on any atom is -0.432 e. The fraction of sp³-hybridized carbons (Fsp3) is 0.500. The normalized spacial score (nSPS) is 12.3. The lowest BCUT2D eigenvalue weighted by atomic mass is 10.3. The number of thiazole rings is 1. The van der Waals surface area contributed by atoms with E-state index in [0.29, 0.717) is 23.1 Å². The molecule has 6 nitrogen and oxygen atoms in total. The molecular weight excluding hydrogens is 305 g/mol. The fourth-order valence-corrected chi connectivity index (χ4v) is 3.07. The summed E-state index contributed by atoms with van der Waals surface area (Å²) in [5, 5.41) is 5.63. The number of oxime groups is 1. The predicted molar refractivity (Wildman–Crippen MR) is 81.5 cm³/mol. The van der Waals surface area contributed by atoms with Crippen molar-refractivity contribution < 1.29 is 14.2 Å². The van der Waals surface area contributed by atoms with Gasteiger partial charge in [0.1, 0.15) is 19.1 Å². The van der Waals surface area contributed by atoms with Crippen LogP contribution in [0.4, 0.5) is 5.13 Å². The molecule has 19 heavy (non-hydrogen) atoms. The van der Waals surface area contributed by atoms with Crippen LogP contribution in [0.2, 0.25) is 0 Å². The number of rotatable bonds is 6. The van der Waals surface area contributed by atoms with Gasteiger partial charge in [-0.2, -0.15) is 0 Å². The number of nitrogen functional groups attached to an aromatic ring is 1. The first-order valence-corrected chi connectivity index (χ1v) is 9.57. The average Bonchev–Trinajstić information content (AvgIpc) is 2.81. The second-order valence-corrected chi connectivity index (χ2v) is 9.48. The molecule has 0 fully saturated rings. The van der Waals surface area contributed by atoms with E-state index in [9.17, 15) is 4.79 Å². The summed E-state index contributed by atoms with van der Waals surface area (Å²) in [6.45, 7) is 3.82. The van der Waals surface area contributed by atoms with E-state index in [1.165, 1.54) is 18.4 Å². The number of carbonyl (C=O) groups is 1. The van der Waals surface area contributed by atoms with Crippen molar-refractivity contribution in [1.82, 2.24) is 4.98 Å². The van der Waals surface area contributed by atoms with Crippen LogP contribution in [0, 0.1) is 0 Å². The first-order chi connectivity index (χ1) is 8.95. The molecule has 0 radical (unpaired) electrons. The maximum absolute atomic E-state index is 12.1. The van der Waals surface area contributed by atoms with Gasteiger partial charge in [-0.1, -0.05) is 30.8 Å². The molecule has 0 aromatic carbocycles. The van der Waals surface area contributed by atoms with Crippen molar-refractivity contribution in [3.05, 3.63) is 11.1 Å². The maximum atomic E-state index is 12.1. The summed E-state index contributed by atoms with van der Waals surface area (Å²) in [4.78, 5) is 20.8. The third kappa shape index (κ3) is 4.26. The van der Waals surface area contributed by atoms with E-state index in [2.05, 4.69) is 15.0 Å². The van der Waals surface area contributed by atoms with E-state index >= 15 is 0 Å². The first kappa shape index (κ1) is 16.1. The average molecular weight is 321 g/mol. The molecule has 0 aliphatic carbocycles. The summed E-state index contributed by atoms with van der Waals surface area (Å²) in [6.07, 6.45) is -0.851. The second kappa shape index (κ2) is 6.98. The Morgan fingerprint density at radius 3 is 2.63 bits per heavy atom. The molecule has 1 rings (SSSR count). The van der Waals surface area contributed by atoms with Crippen molar-refractivity contribution in [2.24, 2.45) is 5.16 Å². The van der Waals surface area contributed by atoms with Crippen LogP contribution in [0.3, 0.4) is 0 Å². The minimum atomic E-state index is -2.14. The Balaban J connectivity index is 2.99. The molecule has 0 saturated heterocycles. The Kier molecular flexibility index (Phi) is 5.90. The molecule has 1 heterocycles. The second-order valence-electron chi connectivity index (χ2n) is 3.52. The van der Waals surface area contributed by atoms with Gasteiger partial charge in [-0.05, 0) is 0 Å². The zero-order chi connectivity index (χ0) is 14.5. The molecule has 0 spiro atoms.